The lowest BCUT2D eigenvalue weighted by Gasteiger charge is -2.11. The van der Waals surface area contributed by atoms with Crippen LogP contribution in [-0.4, -0.2) is 19.2 Å². The van der Waals surface area contributed by atoms with Crippen molar-refractivity contribution in [2.24, 2.45) is 5.92 Å². The van der Waals surface area contributed by atoms with Crippen LogP contribution in [0.25, 0.3) is 0 Å². The van der Waals surface area contributed by atoms with Gasteiger partial charge in [0, 0.05) is 0 Å². The fourth-order valence-corrected chi connectivity index (χ4v) is 1.95. The number of hydrogen-bond acceptors (Lipinski definition) is 3. The molecule has 0 amide bonds. The summed E-state index contributed by atoms with van der Waals surface area (Å²) in [6.45, 7) is 2.86. The second-order valence-electron chi connectivity index (χ2n) is 3.90. The molecule has 3 nitrogen and oxygen atoms in total. The molecule has 0 unspecified atom stereocenters. The third-order valence-electron chi connectivity index (χ3n) is 2.78. The molecule has 1 aromatic rings. The first-order valence-electron chi connectivity index (χ1n) is 5.68. The van der Waals surface area contributed by atoms with Crippen LogP contribution in [0, 0.1) is 5.92 Å². The summed E-state index contributed by atoms with van der Waals surface area (Å²) >= 11 is 0. The van der Waals surface area contributed by atoms with Gasteiger partial charge < -0.3 is 9.47 Å². The van der Waals surface area contributed by atoms with Crippen LogP contribution >= 0.6 is 0 Å². The monoisotopic (exact) mass is 220 g/mol. The lowest BCUT2D eigenvalue weighted by atomic mass is 9.97. The molecule has 0 aliphatic carbocycles. The number of rotatable bonds is 2. The Balaban J connectivity index is 2.13. The van der Waals surface area contributed by atoms with E-state index in [0.717, 1.165) is 24.2 Å². The molecule has 2 rings (SSSR count). The second kappa shape index (κ2) is 5.01. The Kier molecular flexibility index (Phi) is 3.44. The van der Waals surface area contributed by atoms with E-state index in [1.165, 1.54) is 0 Å². The van der Waals surface area contributed by atoms with E-state index in [4.69, 9.17) is 9.47 Å². The van der Waals surface area contributed by atoms with Crippen LogP contribution in [-0.2, 0) is 16.0 Å². The van der Waals surface area contributed by atoms with Gasteiger partial charge in [-0.05, 0) is 31.4 Å². The highest BCUT2D eigenvalue weighted by Crippen LogP contribution is 2.27. The van der Waals surface area contributed by atoms with Gasteiger partial charge in [0.05, 0.1) is 19.1 Å². The zero-order valence-corrected chi connectivity index (χ0v) is 9.44. The number of carbonyl (C=O) groups excluding carboxylic acids is 1. The Labute approximate surface area is 95.4 Å². The second-order valence-corrected chi connectivity index (χ2v) is 3.90. The molecule has 0 radical (unpaired) electrons. The summed E-state index contributed by atoms with van der Waals surface area (Å²) in [5, 5.41) is 0. The van der Waals surface area contributed by atoms with Crippen LogP contribution in [0.15, 0.2) is 24.3 Å². The molecule has 1 aliphatic rings. The van der Waals surface area contributed by atoms with Crippen molar-refractivity contribution in [3.8, 4) is 5.75 Å². The Bertz CT molecular complexity index is 373. The molecule has 0 spiro atoms. The highest BCUT2D eigenvalue weighted by molar-refractivity contribution is 5.73. The minimum absolute atomic E-state index is 0.0661. The maximum absolute atomic E-state index is 11.7. The number of hydrogen-bond donors (Lipinski definition) is 0. The fourth-order valence-electron chi connectivity index (χ4n) is 1.95. The quantitative estimate of drug-likeness (QED) is 0.717. The van der Waals surface area contributed by atoms with Gasteiger partial charge in [-0.3, -0.25) is 4.79 Å². The molecule has 3 heteroatoms. The first kappa shape index (κ1) is 11.0. The molecule has 0 aromatic heterocycles. The summed E-state index contributed by atoms with van der Waals surface area (Å²) in [7, 11) is 0. The van der Waals surface area contributed by atoms with E-state index < -0.39 is 0 Å². The van der Waals surface area contributed by atoms with Crippen molar-refractivity contribution in [2.75, 3.05) is 13.2 Å². The van der Waals surface area contributed by atoms with E-state index in [2.05, 4.69) is 0 Å². The largest absolute Gasteiger partial charge is 0.493 e. The summed E-state index contributed by atoms with van der Waals surface area (Å²) in [6, 6.07) is 7.87. The standard InChI is InChI=1S/C13H16O3/c1-2-15-13(14)11-7-8-16-12-6-4-3-5-10(12)9-11/h3-6,11H,2,7-9H2,1H3/t11-/m0/s1. The van der Waals surface area contributed by atoms with E-state index in [-0.39, 0.29) is 11.9 Å². The van der Waals surface area contributed by atoms with Crippen molar-refractivity contribution >= 4 is 5.97 Å². The Morgan fingerprint density at radius 3 is 3.12 bits per heavy atom. The molecule has 0 bridgehead atoms. The average molecular weight is 220 g/mol. The molecule has 1 heterocycles. The summed E-state index contributed by atoms with van der Waals surface area (Å²) in [4.78, 5) is 11.7. The Hall–Kier alpha value is -1.51. The average Bonchev–Trinajstić information content (AvgIpc) is 2.51. The Morgan fingerprint density at radius 2 is 2.31 bits per heavy atom. The molecule has 0 N–H and O–H groups in total. The van der Waals surface area contributed by atoms with Gasteiger partial charge in [0.25, 0.3) is 0 Å². The smallest absolute Gasteiger partial charge is 0.309 e. The van der Waals surface area contributed by atoms with Crippen molar-refractivity contribution in [3.05, 3.63) is 29.8 Å². The summed E-state index contributed by atoms with van der Waals surface area (Å²) in [6.07, 6.45) is 1.45. The van der Waals surface area contributed by atoms with Crippen LogP contribution in [0.3, 0.4) is 0 Å². The third-order valence-corrected chi connectivity index (χ3v) is 2.78. The predicted molar refractivity (Wildman–Crippen MR) is 60.4 cm³/mol. The van der Waals surface area contributed by atoms with Gasteiger partial charge in [-0.2, -0.15) is 0 Å². The molecular formula is C13H16O3. The molecule has 1 aliphatic heterocycles. The van der Waals surface area contributed by atoms with Crippen molar-refractivity contribution in [1.82, 2.24) is 0 Å². The van der Waals surface area contributed by atoms with E-state index in [9.17, 15) is 4.79 Å². The van der Waals surface area contributed by atoms with Crippen LogP contribution in [0.4, 0.5) is 0 Å². The molecule has 0 saturated heterocycles. The van der Waals surface area contributed by atoms with Crippen LogP contribution in [0.5, 0.6) is 5.75 Å². The van der Waals surface area contributed by atoms with E-state index in [1.807, 2.05) is 31.2 Å². The zero-order valence-electron chi connectivity index (χ0n) is 9.44. The summed E-state index contributed by atoms with van der Waals surface area (Å²) in [5.74, 6) is 0.723. The van der Waals surface area contributed by atoms with Gasteiger partial charge in [0.2, 0.25) is 0 Å². The van der Waals surface area contributed by atoms with Gasteiger partial charge in [-0.25, -0.2) is 0 Å². The number of esters is 1. The molecule has 1 aromatic carbocycles. The number of fused-ring (bicyclic) bond motifs is 1. The van der Waals surface area contributed by atoms with Gasteiger partial charge in [0.15, 0.2) is 0 Å². The first-order chi connectivity index (χ1) is 7.81. The Morgan fingerprint density at radius 1 is 1.50 bits per heavy atom. The van der Waals surface area contributed by atoms with Gasteiger partial charge in [0.1, 0.15) is 5.75 Å². The molecule has 0 fully saturated rings. The summed E-state index contributed by atoms with van der Waals surface area (Å²) in [5.41, 5.74) is 1.10. The maximum atomic E-state index is 11.7. The van der Waals surface area contributed by atoms with Crippen molar-refractivity contribution < 1.29 is 14.3 Å². The molecule has 16 heavy (non-hydrogen) atoms. The third kappa shape index (κ3) is 2.35. The minimum Gasteiger partial charge on any atom is -0.493 e. The number of para-hydroxylation sites is 1. The summed E-state index contributed by atoms with van der Waals surface area (Å²) < 4.78 is 10.7. The first-order valence-corrected chi connectivity index (χ1v) is 5.68. The molecule has 1 atom stereocenters. The molecule has 86 valence electrons. The zero-order chi connectivity index (χ0) is 11.4. The van der Waals surface area contributed by atoms with E-state index >= 15 is 0 Å². The fraction of sp³-hybridized carbons (Fsp3) is 0.462. The highest BCUT2D eigenvalue weighted by Gasteiger charge is 2.24. The van der Waals surface area contributed by atoms with E-state index in [0.29, 0.717) is 13.2 Å². The highest BCUT2D eigenvalue weighted by atomic mass is 16.5. The molecule has 0 saturated carbocycles. The lowest BCUT2D eigenvalue weighted by Crippen LogP contribution is -2.20. The maximum Gasteiger partial charge on any atom is 0.309 e. The number of benzene rings is 1. The van der Waals surface area contributed by atoms with Crippen molar-refractivity contribution in [3.63, 3.8) is 0 Å². The molecular weight excluding hydrogens is 204 g/mol. The van der Waals surface area contributed by atoms with Crippen molar-refractivity contribution in [1.29, 1.82) is 0 Å². The SMILES string of the molecule is CCOC(=O)[C@H]1CCOc2ccccc2C1. The lowest BCUT2D eigenvalue weighted by molar-refractivity contribution is -0.148. The number of ether oxygens (including phenoxy) is 2. The number of carbonyl (C=O) groups is 1. The van der Waals surface area contributed by atoms with Gasteiger partial charge in [-0.1, -0.05) is 18.2 Å². The van der Waals surface area contributed by atoms with Gasteiger partial charge >= 0.3 is 5.97 Å². The van der Waals surface area contributed by atoms with Crippen LogP contribution in [0.2, 0.25) is 0 Å². The minimum atomic E-state index is -0.109. The topological polar surface area (TPSA) is 35.5 Å². The van der Waals surface area contributed by atoms with Crippen LogP contribution < -0.4 is 4.74 Å². The predicted octanol–water partition coefficient (Wildman–Crippen LogP) is 2.19. The van der Waals surface area contributed by atoms with Crippen LogP contribution in [0.1, 0.15) is 18.9 Å². The van der Waals surface area contributed by atoms with E-state index in [1.54, 1.807) is 0 Å². The van der Waals surface area contributed by atoms with Crippen molar-refractivity contribution in [2.45, 2.75) is 19.8 Å². The van der Waals surface area contributed by atoms with Gasteiger partial charge in [-0.15, -0.1) is 0 Å². The normalized spacial score (nSPS) is 19.2.